The zero-order valence-corrected chi connectivity index (χ0v) is 17.7. The number of aromatic nitrogens is 2. The molecular weight excluding hydrogens is 396 g/mol. The molecule has 0 unspecified atom stereocenters. The van der Waals surface area contributed by atoms with E-state index < -0.39 is 11.9 Å². The van der Waals surface area contributed by atoms with E-state index in [-0.39, 0.29) is 17.9 Å². The standard InChI is InChI=1S/C19H24N4O3S2/c1-4-8-20-18(26)21-14(24)10-27-19-22-16-15(17(25)23(19)5-2)12-7-6-11(3)9-13(12)28-16/h4,11H,1,5-10H2,2-3H3,(H2,20,21,24,26)/t11-/m0/s1. The Morgan fingerprint density at radius 2 is 2.25 bits per heavy atom. The first-order valence-corrected chi connectivity index (χ1v) is 11.1. The fourth-order valence-electron chi connectivity index (χ4n) is 3.30. The smallest absolute Gasteiger partial charge is 0.321 e. The van der Waals surface area contributed by atoms with Crippen molar-refractivity contribution in [3.05, 3.63) is 33.4 Å². The number of hydrogen-bond acceptors (Lipinski definition) is 6. The summed E-state index contributed by atoms with van der Waals surface area (Å²) in [5.74, 6) is 0.184. The van der Waals surface area contributed by atoms with Crippen LogP contribution in [0.1, 0.15) is 30.7 Å². The molecule has 0 aromatic carbocycles. The molecule has 2 aromatic rings. The summed E-state index contributed by atoms with van der Waals surface area (Å²) in [6, 6.07) is -0.568. The maximum absolute atomic E-state index is 13.1. The van der Waals surface area contributed by atoms with Gasteiger partial charge >= 0.3 is 6.03 Å². The lowest BCUT2D eigenvalue weighted by Crippen LogP contribution is -2.40. The molecule has 0 saturated heterocycles. The normalized spacial score (nSPS) is 15.9. The number of rotatable bonds is 6. The number of carbonyl (C=O) groups is 2. The third-order valence-electron chi connectivity index (χ3n) is 4.69. The molecule has 1 atom stereocenters. The van der Waals surface area contributed by atoms with Gasteiger partial charge < -0.3 is 5.32 Å². The van der Waals surface area contributed by atoms with Crippen LogP contribution in [0.4, 0.5) is 4.79 Å². The van der Waals surface area contributed by atoms with E-state index in [2.05, 4.69) is 29.1 Å². The van der Waals surface area contributed by atoms with Crippen molar-refractivity contribution in [3.63, 3.8) is 0 Å². The first kappa shape index (κ1) is 20.6. The van der Waals surface area contributed by atoms with Gasteiger partial charge in [-0.2, -0.15) is 0 Å². The van der Waals surface area contributed by atoms with Crippen LogP contribution in [0.25, 0.3) is 10.2 Å². The number of aryl methyl sites for hydroxylation is 1. The highest BCUT2D eigenvalue weighted by Gasteiger charge is 2.24. The Balaban J connectivity index is 1.81. The molecule has 0 radical (unpaired) electrons. The van der Waals surface area contributed by atoms with Crippen molar-refractivity contribution in [1.29, 1.82) is 0 Å². The van der Waals surface area contributed by atoms with E-state index in [0.717, 1.165) is 35.0 Å². The summed E-state index contributed by atoms with van der Waals surface area (Å²) in [6.45, 7) is 8.38. The number of carbonyl (C=O) groups excluding carboxylic acids is 2. The summed E-state index contributed by atoms with van der Waals surface area (Å²) in [6.07, 6.45) is 4.53. The van der Waals surface area contributed by atoms with Gasteiger partial charge in [0.15, 0.2) is 5.16 Å². The Morgan fingerprint density at radius 1 is 1.46 bits per heavy atom. The highest BCUT2D eigenvalue weighted by Crippen LogP contribution is 2.36. The van der Waals surface area contributed by atoms with E-state index >= 15 is 0 Å². The molecule has 1 aliphatic carbocycles. The van der Waals surface area contributed by atoms with Gasteiger partial charge in [-0.05, 0) is 37.7 Å². The average molecular weight is 421 g/mol. The predicted octanol–water partition coefficient (Wildman–Crippen LogP) is 2.71. The SMILES string of the molecule is C=CCNC(=O)NC(=O)CSc1nc2sc3c(c2c(=O)n1CC)CC[C@H](C)C3. The van der Waals surface area contributed by atoms with Crippen LogP contribution in [0.15, 0.2) is 22.6 Å². The largest absolute Gasteiger partial charge is 0.334 e. The van der Waals surface area contributed by atoms with Crippen molar-refractivity contribution in [2.75, 3.05) is 12.3 Å². The van der Waals surface area contributed by atoms with Gasteiger partial charge in [-0.3, -0.25) is 19.5 Å². The van der Waals surface area contributed by atoms with Crippen molar-refractivity contribution in [2.24, 2.45) is 5.92 Å². The molecule has 3 amide bonds. The molecule has 150 valence electrons. The molecule has 0 fully saturated rings. The van der Waals surface area contributed by atoms with Crippen LogP contribution in [0, 0.1) is 5.92 Å². The Labute approximate surface area is 171 Å². The molecule has 2 heterocycles. The predicted molar refractivity (Wildman–Crippen MR) is 113 cm³/mol. The minimum Gasteiger partial charge on any atom is -0.334 e. The third-order valence-corrected chi connectivity index (χ3v) is 6.81. The number of amides is 3. The number of fused-ring (bicyclic) bond motifs is 3. The number of hydrogen-bond donors (Lipinski definition) is 2. The second-order valence-electron chi connectivity index (χ2n) is 6.81. The van der Waals surface area contributed by atoms with Crippen LogP contribution >= 0.6 is 23.1 Å². The van der Waals surface area contributed by atoms with E-state index in [1.165, 1.54) is 22.7 Å². The molecule has 1 aliphatic rings. The quantitative estimate of drug-likeness (QED) is 0.426. The molecule has 0 bridgehead atoms. The minimum atomic E-state index is -0.568. The Kier molecular flexibility index (Phi) is 6.56. The fraction of sp³-hybridized carbons (Fsp3) is 0.474. The summed E-state index contributed by atoms with van der Waals surface area (Å²) < 4.78 is 1.61. The van der Waals surface area contributed by atoms with E-state index in [0.29, 0.717) is 17.6 Å². The van der Waals surface area contributed by atoms with E-state index in [1.54, 1.807) is 15.9 Å². The van der Waals surface area contributed by atoms with Crippen molar-refractivity contribution < 1.29 is 9.59 Å². The lowest BCUT2D eigenvalue weighted by Gasteiger charge is -2.17. The number of nitrogens with one attached hydrogen (secondary N) is 2. The molecule has 3 rings (SSSR count). The van der Waals surface area contributed by atoms with E-state index in [4.69, 9.17) is 0 Å². The van der Waals surface area contributed by atoms with Crippen LogP contribution in [0.3, 0.4) is 0 Å². The summed E-state index contributed by atoms with van der Waals surface area (Å²) in [5, 5.41) is 5.98. The van der Waals surface area contributed by atoms with Crippen LogP contribution in [0.2, 0.25) is 0 Å². The summed E-state index contributed by atoms with van der Waals surface area (Å²) >= 11 is 2.76. The fourth-order valence-corrected chi connectivity index (χ4v) is 5.58. The zero-order valence-electron chi connectivity index (χ0n) is 16.0. The number of imide groups is 1. The molecule has 0 spiro atoms. The molecule has 2 aromatic heterocycles. The summed E-state index contributed by atoms with van der Waals surface area (Å²) in [7, 11) is 0. The Hall–Kier alpha value is -2.13. The van der Waals surface area contributed by atoms with Gasteiger partial charge in [0.25, 0.3) is 5.56 Å². The second kappa shape index (κ2) is 8.91. The van der Waals surface area contributed by atoms with Gasteiger partial charge in [-0.15, -0.1) is 17.9 Å². The molecule has 2 N–H and O–H groups in total. The third kappa shape index (κ3) is 4.30. The van der Waals surface area contributed by atoms with Crippen LogP contribution in [-0.4, -0.2) is 33.8 Å². The van der Waals surface area contributed by atoms with Crippen LogP contribution < -0.4 is 16.2 Å². The number of urea groups is 1. The molecule has 9 heteroatoms. The summed E-state index contributed by atoms with van der Waals surface area (Å²) in [5.41, 5.74) is 1.12. The molecule has 0 saturated carbocycles. The van der Waals surface area contributed by atoms with Gasteiger partial charge in [-0.25, -0.2) is 9.78 Å². The lowest BCUT2D eigenvalue weighted by atomic mass is 9.89. The lowest BCUT2D eigenvalue weighted by molar-refractivity contribution is -0.117. The topological polar surface area (TPSA) is 93.1 Å². The minimum absolute atomic E-state index is 0.00157. The highest BCUT2D eigenvalue weighted by atomic mass is 32.2. The number of nitrogens with zero attached hydrogens (tertiary/aromatic N) is 2. The highest BCUT2D eigenvalue weighted by molar-refractivity contribution is 7.99. The van der Waals surface area contributed by atoms with Crippen molar-refractivity contribution in [3.8, 4) is 0 Å². The Morgan fingerprint density at radius 3 is 2.96 bits per heavy atom. The zero-order chi connectivity index (χ0) is 20.3. The van der Waals surface area contributed by atoms with Crippen LogP contribution in [0.5, 0.6) is 0 Å². The van der Waals surface area contributed by atoms with E-state index in [1.807, 2.05) is 6.92 Å². The molecular formula is C19H24N4O3S2. The van der Waals surface area contributed by atoms with Crippen molar-refractivity contribution in [2.45, 2.75) is 44.8 Å². The van der Waals surface area contributed by atoms with Gasteiger partial charge in [-0.1, -0.05) is 24.8 Å². The average Bonchev–Trinajstić information content (AvgIpc) is 3.02. The van der Waals surface area contributed by atoms with Gasteiger partial charge in [0.05, 0.1) is 11.1 Å². The second-order valence-corrected chi connectivity index (χ2v) is 8.84. The molecule has 28 heavy (non-hydrogen) atoms. The van der Waals surface area contributed by atoms with Gasteiger partial charge in [0.1, 0.15) is 4.83 Å². The Bertz CT molecular complexity index is 980. The van der Waals surface area contributed by atoms with Crippen molar-refractivity contribution >= 4 is 45.3 Å². The van der Waals surface area contributed by atoms with Gasteiger partial charge in [0, 0.05) is 18.0 Å². The summed E-state index contributed by atoms with van der Waals surface area (Å²) in [4.78, 5) is 43.3. The molecule has 0 aliphatic heterocycles. The van der Waals surface area contributed by atoms with Gasteiger partial charge in [0.2, 0.25) is 5.91 Å². The monoisotopic (exact) mass is 420 g/mol. The molecule has 7 nitrogen and oxygen atoms in total. The number of thioether (sulfide) groups is 1. The van der Waals surface area contributed by atoms with E-state index in [9.17, 15) is 14.4 Å². The van der Waals surface area contributed by atoms with Crippen molar-refractivity contribution in [1.82, 2.24) is 20.2 Å². The number of thiophene rings is 1. The maximum Gasteiger partial charge on any atom is 0.321 e. The maximum atomic E-state index is 13.1. The first-order valence-electron chi connectivity index (χ1n) is 9.31. The van der Waals surface area contributed by atoms with Crippen LogP contribution in [-0.2, 0) is 24.2 Å². The first-order chi connectivity index (χ1) is 13.4.